The number of benzene rings is 2. The van der Waals surface area contributed by atoms with E-state index >= 15 is 0 Å². The van der Waals surface area contributed by atoms with E-state index in [9.17, 15) is 14.4 Å². The molecule has 0 radical (unpaired) electrons. The number of rotatable bonds is 12. The fourth-order valence-electron chi connectivity index (χ4n) is 3.13. The first kappa shape index (κ1) is 24.9. The minimum atomic E-state index is -0.507. The minimum Gasteiger partial charge on any atom is -0.490 e. The first-order chi connectivity index (χ1) is 16.4. The second-order valence-electron chi connectivity index (χ2n) is 7.47. The lowest BCUT2D eigenvalue weighted by Crippen LogP contribution is -2.17. The number of anilines is 1. The maximum atomic E-state index is 13.4. The largest absolute Gasteiger partial charge is 0.490 e. The van der Waals surface area contributed by atoms with Crippen LogP contribution in [-0.4, -0.2) is 35.8 Å². The van der Waals surface area contributed by atoms with Gasteiger partial charge in [-0.05, 0) is 37.1 Å². The first-order valence-corrected chi connectivity index (χ1v) is 11.9. The van der Waals surface area contributed by atoms with Gasteiger partial charge in [0.15, 0.2) is 22.4 Å². The number of nitrogens with one attached hydrogen (secondary N) is 1. The van der Waals surface area contributed by atoms with Crippen LogP contribution >= 0.6 is 11.3 Å². The molecule has 0 saturated carbocycles. The van der Waals surface area contributed by atoms with Crippen molar-refractivity contribution in [2.75, 3.05) is 18.5 Å². The Kier molecular flexibility index (Phi) is 8.75. The van der Waals surface area contributed by atoms with Crippen LogP contribution in [-0.2, 0) is 11.2 Å². The summed E-state index contributed by atoms with van der Waals surface area (Å²) in [7, 11) is 0. The lowest BCUT2D eigenvalue weighted by molar-refractivity contribution is -0.117. The van der Waals surface area contributed by atoms with E-state index in [0.29, 0.717) is 41.1 Å². The number of nitrogens with zero attached hydrogens (tertiary/aromatic N) is 1. The number of carbonyl (C=O) groups is 3. The molecule has 1 aromatic heterocycles. The molecule has 3 rings (SSSR count). The van der Waals surface area contributed by atoms with Gasteiger partial charge in [-0.2, -0.15) is 0 Å². The number of carbonyl (C=O) groups excluding carboxylic acids is 3. The van der Waals surface area contributed by atoms with Crippen molar-refractivity contribution in [3.05, 3.63) is 70.2 Å². The normalized spacial score (nSPS) is 10.5. The topological polar surface area (TPSA) is 121 Å². The van der Waals surface area contributed by atoms with Crippen molar-refractivity contribution in [3.63, 3.8) is 0 Å². The van der Waals surface area contributed by atoms with E-state index in [1.165, 1.54) is 11.3 Å². The van der Waals surface area contributed by atoms with Crippen LogP contribution in [0.15, 0.2) is 47.8 Å². The van der Waals surface area contributed by atoms with Crippen molar-refractivity contribution in [1.29, 1.82) is 0 Å². The van der Waals surface area contributed by atoms with E-state index in [4.69, 9.17) is 15.2 Å². The third kappa shape index (κ3) is 6.41. The SMILES string of the molecule is CCCOc1ccc(C(=O)c2ccccc2C(=O)Nc2nc(CC(N)=O)cs2)cc1OCCC. The number of amides is 2. The van der Waals surface area contributed by atoms with Crippen molar-refractivity contribution in [2.24, 2.45) is 5.73 Å². The van der Waals surface area contributed by atoms with E-state index in [1.807, 2.05) is 13.8 Å². The van der Waals surface area contributed by atoms with E-state index in [0.717, 1.165) is 12.8 Å². The van der Waals surface area contributed by atoms with Gasteiger partial charge in [-0.25, -0.2) is 4.98 Å². The predicted octanol–water partition coefficient (Wildman–Crippen LogP) is 4.23. The maximum Gasteiger partial charge on any atom is 0.258 e. The Morgan fingerprint density at radius 3 is 2.32 bits per heavy atom. The van der Waals surface area contributed by atoms with Gasteiger partial charge in [0.1, 0.15) is 0 Å². The van der Waals surface area contributed by atoms with Crippen LogP contribution in [0.4, 0.5) is 5.13 Å². The van der Waals surface area contributed by atoms with Crippen LogP contribution < -0.4 is 20.5 Å². The first-order valence-electron chi connectivity index (χ1n) is 11.0. The molecule has 0 spiro atoms. The zero-order valence-electron chi connectivity index (χ0n) is 19.1. The highest BCUT2D eigenvalue weighted by atomic mass is 32.1. The number of hydrogen-bond donors (Lipinski definition) is 2. The molecule has 8 nitrogen and oxygen atoms in total. The number of nitrogens with two attached hydrogens (primary N) is 1. The number of ether oxygens (including phenoxy) is 2. The summed E-state index contributed by atoms with van der Waals surface area (Å²) in [6.45, 7) is 5.04. The highest BCUT2D eigenvalue weighted by molar-refractivity contribution is 7.14. The summed E-state index contributed by atoms with van der Waals surface area (Å²) in [6.07, 6.45) is 1.65. The summed E-state index contributed by atoms with van der Waals surface area (Å²) in [6, 6.07) is 11.6. The molecule has 178 valence electrons. The number of primary amides is 1. The summed E-state index contributed by atoms with van der Waals surface area (Å²) in [5.41, 5.74) is 6.50. The second-order valence-corrected chi connectivity index (χ2v) is 8.33. The lowest BCUT2D eigenvalue weighted by atomic mass is 9.97. The van der Waals surface area contributed by atoms with Crippen LogP contribution in [0, 0.1) is 0 Å². The molecule has 0 unspecified atom stereocenters. The number of ketones is 1. The third-order valence-electron chi connectivity index (χ3n) is 4.67. The van der Waals surface area contributed by atoms with Crippen molar-refractivity contribution < 1.29 is 23.9 Å². The van der Waals surface area contributed by atoms with Crippen molar-refractivity contribution in [3.8, 4) is 11.5 Å². The van der Waals surface area contributed by atoms with Gasteiger partial charge in [-0.3, -0.25) is 19.7 Å². The molecule has 34 heavy (non-hydrogen) atoms. The molecular weight excluding hydrogens is 454 g/mol. The van der Waals surface area contributed by atoms with Gasteiger partial charge in [0.25, 0.3) is 5.91 Å². The molecule has 3 aromatic rings. The monoisotopic (exact) mass is 481 g/mol. The van der Waals surface area contributed by atoms with Gasteiger partial charge in [0.2, 0.25) is 5.91 Å². The fourth-order valence-corrected chi connectivity index (χ4v) is 3.83. The molecule has 0 fully saturated rings. The van der Waals surface area contributed by atoms with Crippen LogP contribution in [0.2, 0.25) is 0 Å². The Hall–Kier alpha value is -3.72. The average molecular weight is 482 g/mol. The van der Waals surface area contributed by atoms with Crippen molar-refractivity contribution in [1.82, 2.24) is 4.98 Å². The molecular formula is C25H27N3O5S. The van der Waals surface area contributed by atoms with Gasteiger partial charge >= 0.3 is 0 Å². The second kappa shape index (κ2) is 11.9. The zero-order chi connectivity index (χ0) is 24.5. The fraction of sp³-hybridized carbons (Fsp3) is 0.280. The molecule has 0 aliphatic carbocycles. The molecule has 9 heteroatoms. The molecule has 2 amide bonds. The minimum absolute atomic E-state index is 0.0121. The van der Waals surface area contributed by atoms with E-state index in [-0.39, 0.29) is 23.3 Å². The molecule has 3 N–H and O–H groups in total. The molecule has 0 aliphatic heterocycles. The summed E-state index contributed by atoms with van der Waals surface area (Å²) in [5.74, 6) is -0.231. The molecule has 0 atom stereocenters. The van der Waals surface area contributed by atoms with Gasteiger partial charge in [0.05, 0.1) is 30.9 Å². The molecule has 2 aromatic carbocycles. The Morgan fingerprint density at radius 1 is 0.971 bits per heavy atom. The molecule has 0 saturated heterocycles. The summed E-state index contributed by atoms with van der Waals surface area (Å²) in [4.78, 5) is 41.6. The average Bonchev–Trinajstić information content (AvgIpc) is 3.26. The smallest absolute Gasteiger partial charge is 0.258 e. The van der Waals surface area contributed by atoms with Crippen LogP contribution in [0.25, 0.3) is 0 Å². The lowest BCUT2D eigenvalue weighted by Gasteiger charge is -2.14. The van der Waals surface area contributed by atoms with Gasteiger partial charge in [-0.1, -0.05) is 32.0 Å². The number of aromatic nitrogens is 1. The quantitative estimate of drug-likeness (QED) is 0.374. The summed E-state index contributed by atoms with van der Waals surface area (Å²) in [5, 5.41) is 4.66. The van der Waals surface area contributed by atoms with Crippen LogP contribution in [0.3, 0.4) is 0 Å². The van der Waals surface area contributed by atoms with E-state index in [1.54, 1.807) is 47.8 Å². The maximum absolute atomic E-state index is 13.4. The Morgan fingerprint density at radius 2 is 1.65 bits per heavy atom. The molecule has 0 bridgehead atoms. The highest BCUT2D eigenvalue weighted by Crippen LogP contribution is 2.30. The Balaban J connectivity index is 1.85. The standard InChI is InChI=1S/C25H27N3O5S/c1-3-11-32-20-10-9-16(13-21(20)33-12-4-2)23(30)18-7-5-6-8-19(18)24(31)28-25-27-17(15-34-25)14-22(26)29/h5-10,13,15H,3-4,11-12,14H2,1-2H3,(H2,26,29)(H,27,28,31). The van der Waals surface area contributed by atoms with E-state index in [2.05, 4.69) is 10.3 Å². The Labute approximate surface area is 202 Å². The summed E-state index contributed by atoms with van der Waals surface area (Å²) >= 11 is 1.18. The summed E-state index contributed by atoms with van der Waals surface area (Å²) < 4.78 is 11.5. The van der Waals surface area contributed by atoms with Crippen LogP contribution in [0.1, 0.15) is 58.7 Å². The third-order valence-corrected chi connectivity index (χ3v) is 5.48. The highest BCUT2D eigenvalue weighted by Gasteiger charge is 2.20. The van der Waals surface area contributed by atoms with Gasteiger partial charge in [0, 0.05) is 16.5 Å². The van der Waals surface area contributed by atoms with Crippen molar-refractivity contribution >= 4 is 34.1 Å². The number of hydrogen-bond acceptors (Lipinski definition) is 7. The predicted molar refractivity (Wildman–Crippen MR) is 131 cm³/mol. The van der Waals surface area contributed by atoms with Crippen molar-refractivity contribution in [2.45, 2.75) is 33.1 Å². The van der Waals surface area contributed by atoms with Crippen LogP contribution in [0.5, 0.6) is 11.5 Å². The van der Waals surface area contributed by atoms with Gasteiger partial charge < -0.3 is 15.2 Å². The molecule has 0 aliphatic rings. The molecule has 1 heterocycles. The zero-order valence-corrected chi connectivity index (χ0v) is 19.9. The Bertz CT molecular complexity index is 1170. The van der Waals surface area contributed by atoms with E-state index < -0.39 is 11.8 Å². The van der Waals surface area contributed by atoms with Gasteiger partial charge in [-0.15, -0.1) is 11.3 Å². The number of thiazole rings is 1.